The number of hydrogen-bond acceptors (Lipinski definition) is 6. The number of carbonyl (C=O) groups excluding carboxylic acids is 1. The van der Waals surface area contributed by atoms with E-state index in [0.717, 1.165) is 36.3 Å². The summed E-state index contributed by atoms with van der Waals surface area (Å²) in [6, 6.07) is 9.43. The molecule has 1 atom stereocenters. The van der Waals surface area contributed by atoms with Gasteiger partial charge in [-0.15, -0.1) is 0 Å². The van der Waals surface area contributed by atoms with Gasteiger partial charge in [0.15, 0.2) is 5.82 Å². The molecule has 1 aliphatic heterocycles. The molecule has 2 fully saturated rings. The van der Waals surface area contributed by atoms with Crippen LogP contribution >= 0.6 is 0 Å². The van der Waals surface area contributed by atoms with E-state index in [1.54, 1.807) is 11.0 Å². The average molecular weight is 379 g/mol. The molecule has 1 saturated heterocycles. The summed E-state index contributed by atoms with van der Waals surface area (Å²) < 4.78 is 11.7. The fraction of sp³-hybridized carbons (Fsp3) is 0.400. The zero-order valence-corrected chi connectivity index (χ0v) is 15.6. The van der Waals surface area contributed by atoms with Crippen LogP contribution in [0.3, 0.4) is 0 Å². The van der Waals surface area contributed by atoms with Gasteiger partial charge in [0.25, 0.3) is 11.8 Å². The van der Waals surface area contributed by atoms with E-state index in [-0.39, 0.29) is 12.0 Å². The molecule has 5 rings (SSSR count). The predicted molar refractivity (Wildman–Crippen MR) is 100.0 cm³/mol. The number of amides is 1. The SMILES string of the molecule is Cc1cc(C(=O)N2CCC(Oc3ccccc3-c3nc(C4CC4)no3)C2)n[nH]1. The molecule has 8 nitrogen and oxygen atoms in total. The zero-order valence-electron chi connectivity index (χ0n) is 15.6. The van der Waals surface area contributed by atoms with Crippen molar-refractivity contribution in [3.05, 3.63) is 47.5 Å². The Balaban J connectivity index is 1.29. The molecule has 3 aromatic rings. The number of aromatic nitrogens is 4. The van der Waals surface area contributed by atoms with Gasteiger partial charge in [0.2, 0.25) is 0 Å². The minimum Gasteiger partial charge on any atom is -0.488 e. The highest BCUT2D eigenvalue weighted by Crippen LogP contribution is 2.39. The van der Waals surface area contributed by atoms with Gasteiger partial charge in [-0.25, -0.2) is 0 Å². The van der Waals surface area contributed by atoms with Crippen LogP contribution in [0.2, 0.25) is 0 Å². The van der Waals surface area contributed by atoms with Gasteiger partial charge >= 0.3 is 0 Å². The summed E-state index contributed by atoms with van der Waals surface area (Å²) >= 11 is 0. The van der Waals surface area contributed by atoms with Gasteiger partial charge in [0.05, 0.1) is 12.1 Å². The van der Waals surface area contributed by atoms with Gasteiger partial charge in [-0.2, -0.15) is 10.1 Å². The molecule has 1 amide bonds. The Bertz CT molecular complexity index is 1010. The average Bonchev–Trinajstić information content (AvgIpc) is 3.10. The number of benzene rings is 1. The van der Waals surface area contributed by atoms with Crippen LogP contribution in [0.1, 0.15) is 47.2 Å². The highest BCUT2D eigenvalue weighted by atomic mass is 16.5. The number of H-pyrrole nitrogens is 1. The molecule has 1 N–H and O–H groups in total. The van der Waals surface area contributed by atoms with Crippen LogP contribution in [0.25, 0.3) is 11.5 Å². The highest BCUT2D eigenvalue weighted by molar-refractivity contribution is 5.92. The third-order valence-corrected chi connectivity index (χ3v) is 5.15. The summed E-state index contributed by atoms with van der Waals surface area (Å²) in [6.07, 6.45) is 2.92. The van der Waals surface area contributed by atoms with Crippen molar-refractivity contribution in [2.45, 2.75) is 38.2 Å². The summed E-state index contributed by atoms with van der Waals surface area (Å²) in [6.45, 7) is 3.04. The molecule has 8 heteroatoms. The number of ether oxygens (including phenoxy) is 1. The molecule has 2 aliphatic rings. The second-order valence-corrected chi connectivity index (χ2v) is 7.44. The van der Waals surface area contributed by atoms with Gasteiger partial charge in [0.1, 0.15) is 17.5 Å². The lowest BCUT2D eigenvalue weighted by Crippen LogP contribution is -2.31. The van der Waals surface area contributed by atoms with Crippen LogP contribution in [-0.4, -0.2) is 50.3 Å². The fourth-order valence-electron chi connectivity index (χ4n) is 3.48. The molecule has 1 aliphatic carbocycles. The highest BCUT2D eigenvalue weighted by Gasteiger charge is 2.31. The number of carbonyl (C=O) groups is 1. The summed E-state index contributed by atoms with van der Waals surface area (Å²) in [5, 5.41) is 11.0. The Labute approximate surface area is 161 Å². The van der Waals surface area contributed by atoms with Crippen molar-refractivity contribution in [3.63, 3.8) is 0 Å². The molecule has 0 radical (unpaired) electrons. The van der Waals surface area contributed by atoms with Crippen molar-refractivity contribution < 1.29 is 14.1 Å². The molecule has 0 spiro atoms. The van der Waals surface area contributed by atoms with E-state index in [4.69, 9.17) is 9.26 Å². The number of likely N-dealkylation sites (tertiary alicyclic amines) is 1. The van der Waals surface area contributed by atoms with Crippen molar-refractivity contribution >= 4 is 5.91 Å². The molecular weight excluding hydrogens is 358 g/mol. The lowest BCUT2D eigenvalue weighted by Gasteiger charge is -2.17. The number of hydrogen-bond donors (Lipinski definition) is 1. The van der Waals surface area contributed by atoms with Crippen LogP contribution in [0.5, 0.6) is 5.75 Å². The molecule has 2 aromatic heterocycles. The quantitative estimate of drug-likeness (QED) is 0.732. The monoisotopic (exact) mass is 379 g/mol. The van der Waals surface area contributed by atoms with Gasteiger partial charge in [-0.3, -0.25) is 9.89 Å². The van der Waals surface area contributed by atoms with Crippen LogP contribution in [0, 0.1) is 6.92 Å². The summed E-state index contributed by atoms with van der Waals surface area (Å²) in [4.78, 5) is 18.9. The Hall–Kier alpha value is -3.16. The van der Waals surface area contributed by atoms with Gasteiger partial charge in [-0.05, 0) is 38.0 Å². The predicted octanol–water partition coefficient (Wildman–Crippen LogP) is 2.94. The molecular formula is C20H21N5O3. The van der Waals surface area contributed by atoms with E-state index in [2.05, 4.69) is 20.3 Å². The van der Waals surface area contributed by atoms with E-state index in [9.17, 15) is 4.79 Å². The Morgan fingerprint density at radius 3 is 2.93 bits per heavy atom. The third kappa shape index (κ3) is 3.26. The van der Waals surface area contributed by atoms with E-state index >= 15 is 0 Å². The molecule has 1 saturated carbocycles. The number of nitrogens with zero attached hydrogens (tertiary/aromatic N) is 4. The largest absolute Gasteiger partial charge is 0.488 e. The van der Waals surface area contributed by atoms with Crippen LogP contribution in [0.15, 0.2) is 34.9 Å². The maximum Gasteiger partial charge on any atom is 0.274 e. The minimum absolute atomic E-state index is 0.0743. The van der Waals surface area contributed by atoms with E-state index < -0.39 is 0 Å². The molecule has 1 unspecified atom stereocenters. The maximum absolute atomic E-state index is 12.6. The first kappa shape index (κ1) is 17.0. The van der Waals surface area contributed by atoms with Crippen molar-refractivity contribution in [3.8, 4) is 17.2 Å². The van der Waals surface area contributed by atoms with Gasteiger partial charge in [-0.1, -0.05) is 17.3 Å². The normalized spacial score (nSPS) is 19.2. The summed E-state index contributed by atoms with van der Waals surface area (Å²) in [5.41, 5.74) is 2.10. The van der Waals surface area contributed by atoms with Crippen molar-refractivity contribution in [2.75, 3.05) is 13.1 Å². The first-order valence-corrected chi connectivity index (χ1v) is 9.58. The minimum atomic E-state index is -0.0871. The first-order valence-electron chi connectivity index (χ1n) is 9.58. The lowest BCUT2D eigenvalue weighted by atomic mass is 10.2. The molecule has 144 valence electrons. The molecule has 28 heavy (non-hydrogen) atoms. The second-order valence-electron chi connectivity index (χ2n) is 7.44. The zero-order chi connectivity index (χ0) is 19.1. The van der Waals surface area contributed by atoms with Crippen LogP contribution in [-0.2, 0) is 0 Å². The molecule has 3 heterocycles. The smallest absolute Gasteiger partial charge is 0.274 e. The number of para-hydroxylation sites is 1. The van der Waals surface area contributed by atoms with Crippen molar-refractivity contribution in [1.29, 1.82) is 0 Å². The Morgan fingerprint density at radius 2 is 2.14 bits per heavy atom. The van der Waals surface area contributed by atoms with Crippen LogP contribution < -0.4 is 4.74 Å². The van der Waals surface area contributed by atoms with Gasteiger partial charge < -0.3 is 14.2 Å². The Morgan fingerprint density at radius 1 is 1.29 bits per heavy atom. The summed E-state index contributed by atoms with van der Waals surface area (Å²) in [7, 11) is 0. The number of rotatable bonds is 5. The van der Waals surface area contributed by atoms with Crippen molar-refractivity contribution in [2.24, 2.45) is 0 Å². The lowest BCUT2D eigenvalue weighted by molar-refractivity contribution is 0.0766. The summed E-state index contributed by atoms with van der Waals surface area (Å²) in [5.74, 6) is 2.32. The number of aromatic amines is 1. The number of aryl methyl sites for hydroxylation is 1. The first-order chi connectivity index (χ1) is 13.7. The third-order valence-electron chi connectivity index (χ3n) is 5.15. The van der Waals surface area contributed by atoms with E-state index in [0.29, 0.717) is 36.3 Å². The van der Waals surface area contributed by atoms with Crippen LogP contribution in [0.4, 0.5) is 0 Å². The van der Waals surface area contributed by atoms with E-state index in [1.807, 2.05) is 31.2 Å². The van der Waals surface area contributed by atoms with Gasteiger partial charge in [0, 0.05) is 24.6 Å². The fourth-order valence-corrected chi connectivity index (χ4v) is 3.48. The van der Waals surface area contributed by atoms with Crippen molar-refractivity contribution in [1.82, 2.24) is 25.2 Å². The Kier molecular flexibility index (Phi) is 4.11. The standard InChI is InChI=1S/C20H21N5O3/c1-12-10-16(23-22-12)20(26)25-9-8-14(11-25)27-17-5-3-2-4-15(17)19-21-18(24-28-19)13-6-7-13/h2-5,10,13-14H,6-9,11H2,1H3,(H,22,23). The molecule has 0 bridgehead atoms. The molecule has 1 aromatic carbocycles. The second kappa shape index (κ2) is 6.78. The van der Waals surface area contributed by atoms with E-state index in [1.165, 1.54) is 0 Å². The maximum atomic E-state index is 12.6. The topological polar surface area (TPSA) is 97.1 Å². The number of nitrogens with one attached hydrogen (secondary N) is 1.